The number of hydrogen-bond donors (Lipinski definition) is 3. The second-order valence-corrected chi connectivity index (χ2v) is 2.99. The smallest absolute Gasteiger partial charge is 0.276 e. The number of nitrogen functional groups attached to an aromatic ring is 1. The fourth-order valence-corrected chi connectivity index (χ4v) is 1.11. The molecule has 2 aromatic rings. The summed E-state index contributed by atoms with van der Waals surface area (Å²) in [6, 6.07) is 3.14. The van der Waals surface area contributed by atoms with Crippen LogP contribution < -0.4 is 16.6 Å². The Labute approximate surface area is 96.3 Å². The van der Waals surface area contributed by atoms with E-state index in [1.807, 2.05) is 0 Å². The number of amides is 1. The maximum absolute atomic E-state index is 11.7. The van der Waals surface area contributed by atoms with Crippen LogP contribution in [0.3, 0.4) is 0 Å². The SMILES string of the molecule is NNc1ccnc(C(=O)Nc2nccnn2)c1. The van der Waals surface area contributed by atoms with Gasteiger partial charge in [-0.25, -0.2) is 4.98 Å². The van der Waals surface area contributed by atoms with Crippen molar-refractivity contribution >= 4 is 17.5 Å². The van der Waals surface area contributed by atoms with E-state index < -0.39 is 5.91 Å². The molecule has 0 bridgehead atoms. The first-order valence-corrected chi connectivity index (χ1v) is 4.67. The Hall–Kier alpha value is -2.61. The van der Waals surface area contributed by atoms with Crippen LogP contribution in [0.5, 0.6) is 0 Å². The first-order chi connectivity index (χ1) is 8.29. The Balaban J connectivity index is 2.14. The zero-order chi connectivity index (χ0) is 12.1. The average Bonchev–Trinajstić information content (AvgIpc) is 2.40. The molecule has 8 nitrogen and oxygen atoms in total. The Bertz CT molecular complexity index is 516. The number of carbonyl (C=O) groups is 1. The van der Waals surface area contributed by atoms with Gasteiger partial charge in [0.25, 0.3) is 5.91 Å². The Morgan fingerprint density at radius 2 is 2.12 bits per heavy atom. The summed E-state index contributed by atoms with van der Waals surface area (Å²) in [4.78, 5) is 19.4. The predicted molar refractivity (Wildman–Crippen MR) is 59.8 cm³/mol. The molecule has 0 saturated carbocycles. The van der Waals surface area contributed by atoms with Crippen LogP contribution in [0.4, 0.5) is 11.6 Å². The van der Waals surface area contributed by atoms with Gasteiger partial charge in [-0.15, -0.1) is 5.10 Å². The second kappa shape index (κ2) is 4.94. The van der Waals surface area contributed by atoms with Crippen molar-refractivity contribution in [2.24, 2.45) is 5.84 Å². The summed E-state index contributed by atoms with van der Waals surface area (Å²) in [5.41, 5.74) is 3.21. The number of aromatic nitrogens is 4. The number of nitrogens with one attached hydrogen (secondary N) is 2. The lowest BCUT2D eigenvalue weighted by Gasteiger charge is -2.03. The summed E-state index contributed by atoms with van der Waals surface area (Å²) in [7, 11) is 0. The number of anilines is 2. The Morgan fingerprint density at radius 1 is 1.24 bits per heavy atom. The van der Waals surface area contributed by atoms with Gasteiger partial charge in [0.05, 0.1) is 18.1 Å². The minimum Gasteiger partial charge on any atom is -0.324 e. The largest absolute Gasteiger partial charge is 0.324 e. The van der Waals surface area contributed by atoms with Gasteiger partial charge in [0.1, 0.15) is 5.69 Å². The van der Waals surface area contributed by atoms with Gasteiger partial charge >= 0.3 is 0 Å². The summed E-state index contributed by atoms with van der Waals surface area (Å²) < 4.78 is 0. The third-order valence-electron chi connectivity index (χ3n) is 1.87. The fourth-order valence-electron chi connectivity index (χ4n) is 1.11. The highest BCUT2D eigenvalue weighted by Gasteiger charge is 2.09. The highest BCUT2D eigenvalue weighted by molar-refractivity contribution is 6.02. The van der Waals surface area contributed by atoms with E-state index in [0.29, 0.717) is 5.69 Å². The van der Waals surface area contributed by atoms with Crippen LogP contribution in [0, 0.1) is 0 Å². The van der Waals surface area contributed by atoms with Crippen molar-refractivity contribution in [1.29, 1.82) is 0 Å². The van der Waals surface area contributed by atoms with E-state index in [9.17, 15) is 4.79 Å². The molecule has 8 heteroatoms. The summed E-state index contributed by atoms with van der Waals surface area (Å²) in [5, 5.41) is 9.67. The van der Waals surface area contributed by atoms with Gasteiger partial charge in [0, 0.05) is 6.20 Å². The van der Waals surface area contributed by atoms with E-state index in [-0.39, 0.29) is 11.6 Å². The summed E-state index contributed by atoms with van der Waals surface area (Å²) >= 11 is 0. The zero-order valence-electron chi connectivity index (χ0n) is 8.66. The Kier molecular flexibility index (Phi) is 3.17. The lowest BCUT2D eigenvalue weighted by Crippen LogP contribution is -2.16. The molecule has 2 heterocycles. The molecule has 0 unspecified atom stereocenters. The molecule has 0 saturated heterocycles. The van der Waals surface area contributed by atoms with Crippen LogP contribution >= 0.6 is 0 Å². The summed E-state index contributed by atoms with van der Waals surface area (Å²) in [6.07, 6.45) is 4.30. The van der Waals surface area contributed by atoms with E-state index in [2.05, 4.69) is 30.9 Å². The van der Waals surface area contributed by atoms with Crippen molar-refractivity contribution in [3.05, 3.63) is 36.4 Å². The van der Waals surface area contributed by atoms with Crippen molar-refractivity contribution in [3.63, 3.8) is 0 Å². The van der Waals surface area contributed by atoms with Crippen molar-refractivity contribution < 1.29 is 4.79 Å². The molecule has 0 spiro atoms. The second-order valence-electron chi connectivity index (χ2n) is 2.99. The van der Waals surface area contributed by atoms with Crippen LogP contribution in [-0.2, 0) is 0 Å². The monoisotopic (exact) mass is 231 g/mol. The highest BCUT2D eigenvalue weighted by atomic mass is 16.2. The van der Waals surface area contributed by atoms with E-state index in [1.54, 1.807) is 6.07 Å². The molecule has 0 aliphatic carbocycles. The molecule has 2 rings (SSSR count). The molecule has 0 aromatic carbocycles. The summed E-state index contributed by atoms with van der Waals surface area (Å²) in [6.45, 7) is 0. The van der Waals surface area contributed by atoms with Gasteiger partial charge in [-0.3, -0.25) is 20.9 Å². The number of nitrogens with two attached hydrogens (primary N) is 1. The third kappa shape index (κ3) is 2.69. The number of hydrazine groups is 1. The van der Waals surface area contributed by atoms with E-state index >= 15 is 0 Å². The van der Waals surface area contributed by atoms with Crippen molar-refractivity contribution in [2.75, 3.05) is 10.7 Å². The molecule has 0 atom stereocenters. The lowest BCUT2D eigenvalue weighted by atomic mass is 10.3. The lowest BCUT2D eigenvalue weighted by molar-refractivity contribution is 0.102. The first kappa shape index (κ1) is 10.9. The van der Waals surface area contributed by atoms with Gasteiger partial charge in [0.2, 0.25) is 5.95 Å². The number of pyridine rings is 1. The molecule has 86 valence electrons. The van der Waals surface area contributed by atoms with Gasteiger partial charge in [-0.2, -0.15) is 5.10 Å². The first-order valence-electron chi connectivity index (χ1n) is 4.67. The molecule has 0 radical (unpaired) electrons. The van der Waals surface area contributed by atoms with Gasteiger partial charge in [-0.05, 0) is 12.1 Å². The minimum atomic E-state index is -0.435. The molecule has 0 aliphatic heterocycles. The van der Waals surface area contributed by atoms with Gasteiger partial charge < -0.3 is 5.43 Å². The molecule has 0 fully saturated rings. The molecule has 0 aliphatic rings. The maximum atomic E-state index is 11.7. The van der Waals surface area contributed by atoms with Gasteiger partial charge in [0.15, 0.2) is 0 Å². The third-order valence-corrected chi connectivity index (χ3v) is 1.87. The van der Waals surface area contributed by atoms with Crippen molar-refractivity contribution in [3.8, 4) is 0 Å². The molecule has 17 heavy (non-hydrogen) atoms. The molecular weight excluding hydrogens is 222 g/mol. The molecule has 1 amide bonds. The van der Waals surface area contributed by atoms with Crippen LogP contribution in [0.2, 0.25) is 0 Å². The predicted octanol–water partition coefficient (Wildman–Crippen LogP) is -0.196. The number of rotatable bonds is 3. The molecular formula is C9H9N7O. The minimum absolute atomic E-state index is 0.116. The van der Waals surface area contributed by atoms with Gasteiger partial charge in [-0.1, -0.05) is 0 Å². The molecule has 4 N–H and O–H groups in total. The maximum Gasteiger partial charge on any atom is 0.276 e. The summed E-state index contributed by atoms with van der Waals surface area (Å²) in [5.74, 6) is 4.91. The van der Waals surface area contributed by atoms with Crippen LogP contribution in [-0.4, -0.2) is 26.1 Å². The van der Waals surface area contributed by atoms with Crippen LogP contribution in [0.15, 0.2) is 30.7 Å². The van der Waals surface area contributed by atoms with Crippen LogP contribution in [0.25, 0.3) is 0 Å². The quantitative estimate of drug-likeness (QED) is 0.494. The molecule has 2 aromatic heterocycles. The topological polar surface area (TPSA) is 119 Å². The van der Waals surface area contributed by atoms with Crippen LogP contribution in [0.1, 0.15) is 10.5 Å². The normalized spacial score (nSPS) is 9.71. The standard InChI is InChI=1S/C9H9N7O/c10-15-6-1-2-11-7(5-6)8(17)14-9-12-3-4-13-16-9/h1-5H,10H2,(H,11,15)(H,12,14,16,17). The fraction of sp³-hybridized carbons (Fsp3) is 0. The van der Waals surface area contributed by atoms with Crippen molar-refractivity contribution in [1.82, 2.24) is 20.2 Å². The van der Waals surface area contributed by atoms with E-state index in [1.165, 1.54) is 24.7 Å². The zero-order valence-corrected chi connectivity index (χ0v) is 8.66. The van der Waals surface area contributed by atoms with E-state index in [0.717, 1.165) is 0 Å². The Morgan fingerprint density at radius 3 is 2.82 bits per heavy atom. The highest BCUT2D eigenvalue weighted by Crippen LogP contribution is 2.07. The number of hydrogen-bond acceptors (Lipinski definition) is 7. The average molecular weight is 231 g/mol. The number of nitrogens with zero attached hydrogens (tertiary/aromatic N) is 4. The van der Waals surface area contributed by atoms with Crippen molar-refractivity contribution in [2.45, 2.75) is 0 Å². The van der Waals surface area contributed by atoms with E-state index in [4.69, 9.17) is 5.84 Å². The number of carbonyl (C=O) groups excluding carboxylic acids is 1.